The summed E-state index contributed by atoms with van der Waals surface area (Å²) < 4.78 is 30.8. The number of nitro benzene ring substituents is 1. The number of benzene rings is 1. The molecular weight excluding hydrogens is 322 g/mol. The summed E-state index contributed by atoms with van der Waals surface area (Å²) in [5.41, 5.74) is -0.159. The Balaban J connectivity index is 2.13. The number of nitrogens with zero attached hydrogens (tertiary/aromatic N) is 3. The van der Waals surface area contributed by atoms with Crippen LogP contribution in [0.1, 0.15) is 20.3 Å². The van der Waals surface area contributed by atoms with Crippen LogP contribution in [-0.4, -0.2) is 21.3 Å². The number of hydrogen-bond acceptors (Lipinski definition) is 5. The smallest absolute Gasteiger partial charge is 0.387 e. The van der Waals surface area contributed by atoms with Crippen molar-refractivity contribution in [2.75, 3.05) is 5.32 Å². The highest BCUT2D eigenvalue weighted by Gasteiger charge is 2.19. The number of ether oxygens (including phenoxy) is 1. The Hall–Kier alpha value is -2.71. The second-order valence-electron chi connectivity index (χ2n) is 5.59. The third-order valence-electron chi connectivity index (χ3n) is 3.22. The van der Waals surface area contributed by atoms with E-state index in [1.807, 2.05) is 0 Å². The van der Waals surface area contributed by atoms with Gasteiger partial charge in [0, 0.05) is 36.6 Å². The fourth-order valence-corrected chi connectivity index (χ4v) is 2.02. The third kappa shape index (κ3) is 4.90. The number of alkyl halides is 2. The monoisotopic (exact) mass is 340 g/mol. The molecule has 24 heavy (non-hydrogen) atoms. The van der Waals surface area contributed by atoms with Crippen LogP contribution in [0.2, 0.25) is 0 Å². The van der Waals surface area contributed by atoms with Crippen LogP contribution in [0.25, 0.3) is 0 Å². The van der Waals surface area contributed by atoms with E-state index in [4.69, 9.17) is 0 Å². The predicted molar refractivity (Wildman–Crippen MR) is 84.7 cm³/mol. The molecule has 0 radical (unpaired) electrons. The molecule has 2 rings (SSSR count). The largest absolute Gasteiger partial charge is 0.427 e. The van der Waals surface area contributed by atoms with E-state index in [0.29, 0.717) is 17.4 Å². The van der Waals surface area contributed by atoms with Crippen molar-refractivity contribution in [2.24, 2.45) is 5.92 Å². The number of hydrogen-bond donors (Lipinski definition) is 1. The number of anilines is 2. The molecule has 0 saturated carbocycles. The molecule has 0 bridgehead atoms. The Morgan fingerprint density at radius 2 is 2.12 bits per heavy atom. The summed E-state index contributed by atoms with van der Waals surface area (Å²) >= 11 is 0. The molecule has 130 valence electrons. The van der Waals surface area contributed by atoms with Gasteiger partial charge in [-0.1, -0.05) is 13.8 Å². The zero-order valence-corrected chi connectivity index (χ0v) is 13.3. The topological polar surface area (TPSA) is 82.2 Å². The normalized spacial score (nSPS) is 11.1. The first-order valence-corrected chi connectivity index (χ1v) is 7.39. The van der Waals surface area contributed by atoms with Crippen molar-refractivity contribution in [3.05, 3.63) is 40.6 Å². The SMILES string of the molecule is CC(C)CCn1ccc(Nc2ccc([N+](=O)[O-])c(OC(F)F)c2)n1. The summed E-state index contributed by atoms with van der Waals surface area (Å²) in [7, 11) is 0. The van der Waals surface area contributed by atoms with Gasteiger partial charge in [-0.3, -0.25) is 14.8 Å². The van der Waals surface area contributed by atoms with Crippen LogP contribution in [0.3, 0.4) is 0 Å². The Labute approximate surface area is 137 Å². The van der Waals surface area contributed by atoms with Crippen LogP contribution in [0.15, 0.2) is 30.5 Å². The van der Waals surface area contributed by atoms with Gasteiger partial charge >= 0.3 is 12.3 Å². The van der Waals surface area contributed by atoms with Gasteiger partial charge in [0.25, 0.3) is 0 Å². The fraction of sp³-hybridized carbons (Fsp3) is 0.400. The van der Waals surface area contributed by atoms with Gasteiger partial charge in [0.2, 0.25) is 5.75 Å². The summed E-state index contributed by atoms with van der Waals surface area (Å²) in [6.07, 6.45) is 2.78. The van der Waals surface area contributed by atoms with E-state index < -0.39 is 23.0 Å². The quantitative estimate of drug-likeness (QED) is 0.576. The number of nitrogens with one attached hydrogen (secondary N) is 1. The van der Waals surface area contributed by atoms with E-state index in [0.717, 1.165) is 25.1 Å². The van der Waals surface area contributed by atoms with E-state index in [2.05, 4.69) is 29.0 Å². The fourth-order valence-electron chi connectivity index (χ4n) is 2.02. The van der Waals surface area contributed by atoms with Gasteiger partial charge in [-0.15, -0.1) is 0 Å². The molecule has 0 atom stereocenters. The van der Waals surface area contributed by atoms with Crippen LogP contribution >= 0.6 is 0 Å². The molecule has 0 unspecified atom stereocenters. The van der Waals surface area contributed by atoms with Crippen LogP contribution in [0, 0.1) is 16.0 Å². The molecule has 1 aromatic heterocycles. The van der Waals surface area contributed by atoms with Crippen molar-refractivity contribution in [2.45, 2.75) is 33.4 Å². The molecule has 1 N–H and O–H groups in total. The van der Waals surface area contributed by atoms with Crippen molar-refractivity contribution in [1.82, 2.24) is 9.78 Å². The zero-order chi connectivity index (χ0) is 17.7. The highest BCUT2D eigenvalue weighted by Crippen LogP contribution is 2.32. The molecule has 0 fully saturated rings. The maximum atomic E-state index is 12.4. The van der Waals surface area contributed by atoms with Crippen molar-refractivity contribution < 1.29 is 18.4 Å². The molecule has 0 aliphatic heterocycles. The van der Waals surface area contributed by atoms with Gasteiger partial charge in [-0.25, -0.2) is 0 Å². The Morgan fingerprint density at radius 1 is 1.38 bits per heavy atom. The second-order valence-corrected chi connectivity index (χ2v) is 5.59. The molecule has 0 spiro atoms. The Bertz CT molecular complexity index is 704. The first-order valence-electron chi connectivity index (χ1n) is 7.39. The van der Waals surface area contributed by atoms with Crippen LogP contribution in [0.4, 0.5) is 26.0 Å². The molecule has 1 heterocycles. The molecule has 1 aromatic carbocycles. The highest BCUT2D eigenvalue weighted by molar-refractivity contribution is 5.63. The van der Waals surface area contributed by atoms with E-state index >= 15 is 0 Å². The minimum atomic E-state index is -3.14. The van der Waals surface area contributed by atoms with Crippen molar-refractivity contribution in [3.63, 3.8) is 0 Å². The lowest BCUT2D eigenvalue weighted by Crippen LogP contribution is -2.05. The average Bonchev–Trinajstić information content (AvgIpc) is 2.92. The molecule has 0 aliphatic rings. The summed E-state index contributed by atoms with van der Waals surface area (Å²) in [6.45, 7) is 1.85. The zero-order valence-electron chi connectivity index (χ0n) is 13.3. The minimum Gasteiger partial charge on any atom is -0.427 e. The first-order chi connectivity index (χ1) is 11.3. The number of nitro groups is 1. The number of aryl methyl sites for hydroxylation is 1. The van der Waals surface area contributed by atoms with Gasteiger partial charge in [0.1, 0.15) is 0 Å². The first kappa shape index (κ1) is 17.6. The lowest BCUT2D eigenvalue weighted by molar-refractivity contribution is -0.386. The van der Waals surface area contributed by atoms with Gasteiger partial charge in [0.15, 0.2) is 5.82 Å². The van der Waals surface area contributed by atoms with E-state index in [-0.39, 0.29) is 0 Å². The van der Waals surface area contributed by atoms with Crippen molar-refractivity contribution >= 4 is 17.2 Å². The Kier molecular flexibility index (Phi) is 5.67. The van der Waals surface area contributed by atoms with Gasteiger partial charge in [-0.05, 0) is 18.4 Å². The number of aromatic nitrogens is 2. The molecule has 9 heteroatoms. The van der Waals surface area contributed by atoms with Crippen molar-refractivity contribution in [1.29, 1.82) is 0 Å². The highest BCUT2D eigenvalue weighted by atomic mass is 19.3. The third-order valence-corrected chi connectivity index (χ3v) is 3.22. The van der Waals surface area contributed by atoms with Crippen molar-refractivity contribution in [3.8, 4) is 5.75 Å². The predicted octanol–water partition coefficient (Wildman–Crippen LogP) is 4.18. The lowest BCUT2D eigenvalue weighted by atomic mass is 10.1. The summed E-state index contributed by atoms with van der Waals surface area (Å²) in [6, 6.07) is 5.40. The molecular formula is C15H18F2N4O3. The van der Waals surface area contributed by atoms with Gasteiger partial charge < -0.3 is 10.1 Å². The maximum absolute atomic E-state index is 12.4. The average molecular weight is 340 g/mol. The number of rotatable bonds is 8. The van der Waals surface area contributed by atoms with Gasteiger partial charge in [0.05, 0.1) is 4.92 Å². The van der Waals surface area contributed by atoms with Crippen LogP contribution in [0.5, 0.6) is 5.75 Å². The molecule has 7 nitrogen and oxygen atoms in total. The van der Waals surface area contributed by atoms with E-state index in [1.54, 1.807) is 16.9 Å². The lowest BCUT2D eigenvalue weighted by Gasteiger charge is -2.08. The summed E-state index contributed by atoms with van der Waals surface area (Å²) in [5.74, 6) is 0.559. The summed E-state index contributed by atoms with van der Waals surface area (Å²) in [4.78, 5) is 10.1. The van der Waals surface area contributed by atoms with Crippen LogP contribution < -0.4 is 10.1 Å². The van der Waals surface area contributed by atoms with E-state index in [9.17, 15) is 18.9 Å². The molecule has 0 amide bonds. The molecule has 2 aromatic rings. The number of halogens is 2. The Morgan fingerprint density at radius 3 is 2.75 bits per heavy atom. The van der Waals surface area contributed by atoms with E-state index in [1.165, 1.54) is 6.07 Å². The summed E-state index contributed by atoms with van der Waals surface area (Å²) in [5, 5.41) is 18.1. The standard InChI is InChI=1S/C15H18F2N4O3/c1-10(2)5-7-20-8-6-14(19-20)18-11-3-4-12(21(22)23)13(9-11)24-15(16)17/h3-4,6,8-10,15H,5,7H2,1-2H3,(H,18,19). The minimum absolute atomic E-state index is 0.366. The second kappa shape index (κ2) is 7.71. The maximum Gasteiger partial charge on any atom is 0.387 e. The van der Waals surface area contributed by atoms with Crippen LogP contribution in [-0.2, 0) is 6.54 Å². The van der Waals surface area contributed by atoms with Gasteiger partial charge in [-0.2, -0.15) is 13.9 Å². The molecule has 0 saturated heterocycles. The molecule has 0 aliphatic carbocycles.